The van der Waals surface area contributed by atoms with E-state index in [0.717, 1.165) is 24.8 Å². The molecular formula is C33H54BN5O4. The van der Waals surface area contributed by atoms with Crippen molar-refractivity contribution in [2.45, 2.75) is 117 Å². The number of nitrogens with two attached hydrogens (primary N) is 1. The van der Waals surface area contributed by atoms with Gasteiger partial charge in [0.1, 0.15) is 6.04 Å². The van der Waals surface area contributed by atoms with Crippen LogP contribution < -0.4 is 21.7 Å². The van der Waals surface area contributed by atoms with Gasteiger partial charge < -0.3 is 31.0 Å². The molecule has 3 saturated carbocycles. The summed E-state index contributed by atoms with van der Waals surface area (Å²) in [6.07, 6.45) is 5.94. The normalized spacial score (nSPS) is 27.2. The second-order valence-electron chi connectivity index (χ2n) is 14.0. The lowest BCUT2D eigenvalue weighted by molar-refractivity contribution is -0.199. The first-order valence-electron chi connectivity index (χ1n) is 16.3. The summed E-state index contributed by atoms with van der Waals surface area (Å²) in [6.45, 7) is 13.8. The number of nitrogens with zero attached hydrogens (tertiary/aromatic N) is 1. The van der Waals surface area contributed by atoms with Gasteiger partial charge in [0.25, 0.3) is 0 Å². The van der Waals surface area contributed by atoms with Crippen molar-refractivity contribution in [3.63, 3.8) is 0 Å². The van der Waals surface area contributed by atoms with Crippen molar-refractivity contribution in [1.29, 1.82) is 0 Å². The van der Waals surface area contributed by atoms with Gasteiger partial charge in [-0.3, -0.25) is 14.6 Å². The number of guanidine groups is 1. The van der Waals surface area contributed by atoms with E-state index in [1.807, 2.05) is 0 Å². The predicted octanol–water partition coefficient (Wildman–Crippen LogP) is 3.78. The van der Waals surface area contributed by atoms with Crippen LogP contribution in [0, 0.1) is 23.2 Å². The van der Waals surface area contributed by atoms with E-state index in [1.165, 1.54) is 12.0 Å². The Morgan fingerprint density at radius 1 is 1.12 bits per heavy atom. The summed E-state index contributed by atoms with van der Waals surface area (Å²) in [7, 11) is 1.11. The predicted molar refractivity (Wildman–Crippen MR) is 172 cm³/mol. The largest absolute Gasteiger partial charge is 0.481 e. The number of hydrogen-bond acceptors (Lipinski definition) is 5. The summed E-state index contributed by atoms with van der Waals surface area (Å²) < 4.78 is 13.3. The first kappa shape index (κ1) is 33.3. The molecule has 0 unspecified atom stereocenters. The van der Waals surface area contributed by atoms with Gasteiger partial charge >= 0.3 is 7.12 Å². The zero-order valence-corrected chi connectivity index (χ0v) is 27.4. The SMILES string of the molecule is CCc1ccc(CCC(=O)N[C@@H](CCCNC(N)=NC)C(=O)N[C@@H](CC(C)C)B2O[C@@H]3C[C@@H]4C[C@@H](C4(C)C)[C@]3(C)O2)cc1. The van der Waals surface area contributed by atoms with Crippen molar-refractivity contribution in [3.05, 3.63) is 35.4 Å². The quantitative estimate of drug-likeness (QED) is 0.112. The molecule has 0 radical (unpaired) electrons. The van der Waals surface area contributed by atoms with Gasteiger partial charge in [-0.15, -0.1) is 0 Å². The van der Waals surface area contributed by atoms with Crippen molar-refractivity contribution in [3.8, 4) is 0 Å². The molecule has 2 bridgehead atoms. The van der Waals surface area contributed by atoms with Gasteiger partial charge in [0.05, 0.1) is 17.6 Å². The summed E-state index contributed by atoms with van der Waals surface area (Å²) in [6, 6.07) is 7.67. The number of carbonyl (C=O) groups excluding carboxylic acids is 2. The summed E-state index contributed by atoms with van der Waals surface area (Å²) in [5, 5.41) is 9.31. The molecule has 1 aromatic carbocycles. The fourth-order valence-corrected chi connectivity index (χ4v) is 7.44. The van der Waals surface area contributed by atoms with Crippen LogP contribution in [0.1, 0.15) is 91.2 Å². The van der Waals surface area contributed by atoms with Gasteiger partial charge in [-0.25, -0.2) is 0 Å². The number of aliphatic imine (C=N–C) groups is 1. The Morgan fingerprint density at radius 2 is 1.81 bits per heavy atom. The Morgan fingerprint density at radius 3 is 2.44 bits per heavy atom. The van der Waals surface area contributed by atoms with Gasteiger partial charge in [-0.05, 0) is 86.2 Å². The maximum Gasteiger partial charge on any atom is 0.481 e. The number of amides is 2. The summed E-state index contributed by atoms with van der Waals surface area (Å²) in [5.74, 6) is 1.11. The fourth-order valence-electron chi connectivity index (χ4n) is 7.44. The standard InChI is InChI=1S/C33H54BN5O4/c1-8-22-11-13-23(14-12-22)15-16-29(40)38-25(10-9-17-37-31(35)36-7)30(41)39-28(18-21(2)3)34-42-27-20-24-19-26(32(24,4)5)33(27,6)43-34/h11-14,21,24-28H,8-10,15-20H2,1-7H3,(H,38,40)(H,39,41)(H3,35,36,37)/t24-,25-,26-,27+,28-,33-/m0/s1. The molecule has 1 saturated heterocycles. The van der Waals surface area contributed by atoms with E-state index in [9.17, 15) is 9.59 Å². The van der Waals surface area contributed by atoms with Gasteiger partial charge in [0.2, 0.25) is 11.8 Å². The molecule has 1 aromatic rings. The lowest BCUT2D eigenvalue weighted by Crippen LogP contribution is -2.65. The van der Waals surface area contributed by atoms with Crippen LogP contribution in [0.4, 0.5) is 0 Å². The number of rotatable bonds is 14. The maximum atomic E-state index is 13.8. The molecule has 9 nitrogen and oxygen atoms in total. The van der Waals surface area contributed by atoms with Crippen molar-refractivity contribution in [2.75, 3.05) is 13.6 Å². The highest BCUT2D eigenvalue weighted by Gasteiger charge is 2.68. The van der Waals surface area contributed by atoms with Gasteiger partial charge in [0, 0.05) is 20.0 Å². The zero-order valence-electron chi connectivity index (χ0n) is 27.4. The van der Waals surface area contributed by atoms with Crippen LogP contribution in [-0.2, 0) is 31.7 Å². The highest BCUT2D eigenvalue weighted by molar-refractivity contribution is 6.48. The Hall–Kier alpha value is -2.59. The zero-order chi connectivity index (χ0) is 31.4. The van der Waals surface area contributed by atoms with Gasteiger partial charge in [-0.2, -0.15) is 0 Å². The minimum Gasteiger partial charge on any atom is -0.404 e. The number of carbonyl (C=O) groups is 2. The van der Waals surface area contributed by atoms with Crippen LogP contribution in [0.3, 0.4) is 0 Å². The molecule has 43 heavy (non-hydrogen) atoms. The van der Waals surface area contributed by atoms with Crippen molar-refractivity contribution in [1.82, 2.24) is 16.0 Å². The van der Waals surface area contributed by atoms with Crippen LogP contribution >= 0.6 is 0 Å². The van der Waals surface area contributed by atoms with Crippen LogP contribution in [0.5, 0.6) is 0 Å². The first-order valence-corrected chi connectivity index (χ1v) is 16.3. The topological polar surface area (TPSA) is 127 Å². The molecule has 1 heterocycles. The van der Waals surface area contributed by atoms with Crippen molar-refractivity contribution >= 4 is 24.9 Å². The van der Waals surface area contributed by atoms with E-state index in [1.54, 1.807) is 7.05 Å². The Kier molecular flexibility index (Phi) is 10.9. The summed E-state index contributed by atoms with van der Waals surface area (Å²) in [5.41, 5.74) is 8.05. The molecule has 1 aliphatic heterocycles. The fraction of sp³-hybridized carbons (Fsp3) is 0.727. The molecule has 5 N–H and O–H groups in total. The lowest BCUT2D eigenvalue weighted by Gasteiger charge is -2.64. The van der Waals surface area contributed by atoms with E-state index in [-0.39, 0.29) is 34.9 Å². The molecule has 6 atom stereocenters. The van der Waals surface area contributed by atoms with Gasteiger partial charge in [-0.1, -0.05) is 58.9 Å². The lowest BCUT2D eigenvalue weighted by atomic mass is 9.43. The third-order valence-corrected chi connectivity index (χ3v) is 10.3. The van der Waals surface area contributed by atoms with Crippen LogP contribution in [0.15, 0.2) is 29.3 Å². The van der Waals surface area contributed by atoms with E-state index in [0.29, 0.717) is 55.9 Å². The monoisotopic (exact) mass is 595 g/mol. The molecule has 0 spiro atoms. The highest BCUT2D eigenvalue weighted by atomic mass is 16.7. The third kappa shape index (κ3) is 7.74. The molecule has 0 aromatic heterocycles. The van der Waals surface area contributed by atoms with Crippen molar-refractivity contribution < 1.29 is 18.9 Å². The average molecular weight is 596 g/mol. The molecule has 4 fully saturated rings. The number of benzene rings is 1. The second kappa shape index (κ2) is 14.0. The molecule has 2 amide bonds. The Bertz CT molecular complexity index is 1140. The summed E-state index contributed by atoms with van der Waals surface area (Å²) >= 11 is 0. The molecule has 4 aliphatic rings. The number of nitrogens with one attached hydrogen (secondary N) is 3. The van der Waals surface area contributed by atoms with Crippen LogP contribution in [0.2, 0.25) is 0 Å². The van der Waals surface area contributed by atoms with Gasteiger partial charge in [0.15, 0.2) is 5.96 Å². The maximum absolute atomic E-state index is 13.8. The highest BCUT2D eigenvalue weighted by Crippen LogP contribution is 2.65. The minimum atomic E-state index is -0.683. The average Bonchev–Trinajstić information content (AvgIpc) is 3.34. The van der Waals surface area contributed by atoms with E-state index < -0.39 is 13.2 Å². The first-order chi connectivity index (χ1) is 20.4. The Labute approximate surface area is 259 Å². The molecule has 10 heteroatoms. The molecule has 238 valence electrons. The molecular weight excluding hydrogens is 541 g/mol. The second-order valence-corrected chi connectivity index (χ2v) is 14.0. The third-order valence-electron chi connectivity index (χ3n) is 10.3. The van der Waals surface area contributed by atoms with Crippen LogP contribution in [-0.4, -0.2) is 62.2 Å². The summed E-state index contributed by atoms with van der Waals surface area (Å²) in [4.78, 5) is 30.8. The van der Waals surface area contributed by atoms with E-state index >= 15 is 0 Å². The Balaban J connectivity index is 1.41. The van der Waals surface area contributed by atoms with E-state index in [2.05, 4.69) is 86.8 Å². The number of hydrogen-bond donors (Lipinski definition) is 4. The minimum absolute atomic E-state index is 0.0412. The smallest absolute Gasteiger partial charge is 0.404 e. The van der Waals surface area contributed by atoms with E-state index in [4.69, 9.17) is 15.0 Å². The number of aryl methyl sites for hydroxylation is 2. The molecule has 3 aliphatic carbocycles. The van der Waals surface area contributed by atoms with Crippen molar-refractivity contribution in [2.24, 2.45) is 33.9 Å². The van der Waals surface area contributed by atoms with Crippen LogP contribution in [0.25, 0.3) is 0 Å². The molecule has 5 rings (SSSR count).